The second kappa shape index (κ2) is 9.39. The van der Waals surface area contributed by atoms with Gasteiger partial charge in [-0.25, -0.2) is 13.8 Å². The number of nitrogens with zero attached hydrogens (tertiary/aromatic N) is 1. The highest BCUT2D eigenvalue weighted by molar-refractivity contribution is 8.14. The van der Waals surface area contributed by atoms with Gasteiger partial charge in [-0.15, -0.1) is 0 Å². The number of fused-ring (bicyclic) bond motifs is 1. The van der Waals surface area contributed by atoms with Crippen LogP contribution in [-0.2, 0) is 24.6 Å². The largest absolute Gasteiger partial charge is 0.534 e. The molecule has 0 bridgehead atoms. The molecule has 0 aromatic heterocycles. The van der Waals surface area contributed by atoms with E-state index in [1.807, 2.05) is 0 Å². The smallest absolute Gasteiger partial charge is 0.462 e. The van der Waals surface area contributed by atoms with E-state index in [0.717, 1.165) is 30.0 Å². The van der Waals surface area contributed by atoms with Gasteiger partial charge >= 0.3 is 15.6 Å². The van der Waals surface area contributed by atoms with E-state index in [0.29, 0.717) is 11.6 Å². The molecule has 36 heavy (non-hydrogen) atoms. The van der Waals surface area contributed by atoms with Crippen LogP contribution >= 0.6 is 11.8 Å². The first-order valence-corrected chi connectivity index (χ1v) is 12.5. The van der Waals surface area contributed by atoms with E-state index < -0.39 is 62.4 Å². The Labute approximate surface area is 206 Å². The fourth-order valence-corrected chi connectivity index (χ4v) is 5.46. The van der Waals surface area contributed by atoms with Gasteiger partial charge in [-0.2, -0.15) is 21.6 Å². The molecule has 7 nitrogen and oxygen atoms in total. The molecule has 0 radical (unpaired) electrons. The monoisotopic (exact) mass is 548 g/mol. The molecule has 4 rings (SSSR count). The lowest BCUT2D eigenvalue weighted by Gasteiger charge is -2.45. The van der Waals surface area contributed by atoms with Crippen molar-refractivity contribution in [1.29, 1.82) is 0 Å². The van der Waals surface area contributed by atoms with Gasteiger partial charge < -0.3 is 14.2 Å². The molecule has 14 heteroatoms. The van der Waals surface area contributed by atoms with Crippen molar-refractivity contribution in [1.82, 2.24) is 5.32 Å². The fraction of sp³-hybridized carbons (Fsp3) is 0.273. The molecule has 1 amide bonds. The van der Waals surface area contributed by atoms with Crippen molar-refractivity contribution in [2.45, 2.75) is 23.2 Å². The van der Waals surface area contributed by atoms with Crippen LogP contribution in [0.25, 0.3) is 0 Å². The number of benzene rings is 2. The van der Waals surface area contributed by atoms with E-state index in [4.69, 9.17) is 4.74 Å². The summed E-state index contributed by atoms with van der Waals surface area (Å²) in [4.78, 5) is 17.1. The third-order valence-electron chi connectivity index (χ3n) is 5.54. The Bertz CT molecular complexity index is 1350. The van der Waals surface area contributed by atoms with E-state index in [1.54, 1.807) is 37.3 Å². The summed E-state index contributed by atoms with van der Waals surface area (Å²) in [6.45, 7) is 0.960. The number of aliphatic imine (C=N–C) groups is 1. The summed E-state index contributed by atoms with van der Waals surface area (Å²) in [5.41, 5.74) is -7.24. The van der Waals surface area contributed by atoms with Crippen molar-refractivity contribution >= 4 is 33.0 Å². The van der Waals surface area contributed by atoms with Gasteiger partial charge in [-0.3, -0.25) is 4.79 Å². The Balaban J connectivity index is 1.77. The van der Waals surface area contributed by atoms with Gasteiger partial charge in [0.1, 0.15) is 23.8 Å². The van der Waals surface area contributed by atoms with Crippen molar-refractivity contribution < 1.29 is 44.1 Å². The molecule has 2 aliphatic heterocycles. The predicted molar refractivity (Wildman–Crippen MR) is 120 cm³/mol. The number of amidine groups is 1. The molecule has 0 spiro atoms. The van der Waals surface area contributed by atoms with E-state index in [9.17, 15) is 35.2 Å². The number of nitrogens with one attached hydrogen (secondary N) is 1. The van der Waals surface area contributed by atoms with E-state index in [-0.39, 0.29) is 10.7 Å². The molecule has 0 fully saturated rings. The molecule has 0 aliphatic carbocycles. The summed E-state index contributed by atoms with van der Waals surface area (Å²) >= 11 is 1.02. The first-order chi connectivity index (χ1) is 16.8. The van der Waals surface area contributed by atoms with Gasteiger partial charge in [-0.05, 0) is 18.2 Å². The number of halogens is 5. The highest BCUT2D eigenvalue weighted by atomic mass is 32.2. The SMILES string of the molecule is CC1SC(NC(=O)c2ccccc2)=N[C@@]2(c3ccc(F)cc3F)COC(OS(=O)(=O)C(F)(F)F)=CC12. The molecule has 3 atom stereocenters. The van der Waals surface area contributed by atoms with Crippen LogP contribution in [0.15, 0.2) is 65.5 Å². The minimum Gasteiger partial charge on any atom is -0.462 e. The summed E-state index contributed by atoms with van der Waals surface area (Å²) in [5, 5.41) is 2.07. The second-order valence-electron chi connectivity index (χ2n) is 7.89. The quantitative estimate of drug-likeness (QED) is 0.345. The average molecular weight is 549 g/mol. The lowest BCUT2D eigenvalue weighted by molar-refractivity contribution is -0.0590. The minimum absolute atomic E-state index is 0.0561. The lowest BCUT2D eigenvalue weighted by atomic mass is 9.75. The zero-order valence-electron chi connectivity index (χ0n) is 18.3. The Morgan fingerprint density at radius 1 is 1.19 bits per heavy atom. The number of carbonyl (C=O) groups is 1. The first-order valence-electron chi connectivity index (χ1n) is 10.3. The van der Waals surface area contributed by atoms with Crippen LogP contribution in [0.2, 0.25) is 0 Å². The van der Waals surface area contributed by atoms with Gasteiger partial charge in [0.2, 0.25) is 0 Å². The number of alkyl halides is 3. The molecular formula is C22H17F5N2O5S2. The Morgan fingerprint density at radius 3 is 2.53 bits per heavy atom. The molecule has 0 saturated carbocycles. The normalized spacial score (nSPS) is 24.1. The number of hydrogen-bond acceptors (Lipinski definition) is 7. The number of hydrogen-bond donors (Lipinski definition) is 1. The summed E-state index contributed by atoms with van der Waals surface area (Å²) in [6.07, 6.45) is 0.965. The van der Waals surface area contributed by atoms with Crippen LogP contribution < -0.4 is 5.32 Å². The first kappa shape index (κ1) is 25.9. The van der Waals surface area contributed by atoms with Crippen LogP contribution in [0.1, 0.15) is 22.8 Å². The number of thioether (sulfide) groups is 1. The summed E-state index contributed by atoms with van der Waals surface area (Å²) in [6, 6.07) is 10.8. The lowest BCUT2D eigenvalue weighted by Crippen LogP contribution is -2.50. The fourth-order valence-electron chi connectivity index (χ4n) is 3.88. The Kier molecular flexibility index (Phi) is 6.77. The van der Waals surface area contributed by atoms with Crippen molar-refractivity contribution in [2.24, 2.45) is 10.9 Å². The molecule has 1 N–H and O–H groups in total. The number of amides is 1. The molecule has 2 heterocycles. The third-order valence-corrected chi connectivity index (χ3v) is 7.57. The standard InChI is InChI=1S/C22H17F5N2O5S2/c1-12-16-10-18(34-36(31,32)22(25,26)27)33-11-21(16,15-8-7-14(23)9-17(15)24)29-20(35-12)28-19(30)13-5-3-2-4-6-13/h2-10,12,16H,11H2,1H3,(H,28,29,30)/t12?,16?,21-/m1/s1. The van der Waals surface area contributed by atoms with Crippen LogP contribution in [0, 0.1) is 17.6 Å². The summed E-state index contributed by atoms with van der Waals surface area (Å²) in [7, 11) is -6.02. The van der Waals surface area contributed by atoms with Crippen molar-refractivity contribution in [3.63, 3.8) is 0 Å². The molecular weight excluding hydrogens is 531 g/mol. The highest BCUT2D eigenvalue weighted by Crippen LogP contribution is 2.49. The van der Waals surface area contributed by atoms with Crippen LogP contribution in [-0.4, -0.2) is 36.9 Å². The zero-order valence-corrected chi connectivity index (χ0v) is 19.9. The van der Waals surface area contributed by atoms with Gasteiger partial charge in [-0.1, -0.05) is 43.0 Å². The maximum Gasteiger partial charge on any atom is 0.534 e. The summed E-state index contributed by atoms with van der Waals surface area (Å²) < 4.78 is 99.2. The molecule has 0 saturated heterocycles. The molecule has 2 aliphatic rings. The maximum absolute atomic E-state index is 15.0. The van der Waals surface area contributed by atoms with Crippen LogP contribution in [0.5, 0.6) is 0 Å². The Hall–Kier alpha value is -3.13. The van der Waals surface area contributed by atoms with Crippen LogP contribution in [0.4, 0.5) is 22.0 Å². The van der Waals surface area contributed by atoms with E-state index in [1.165, 1.54) is 0 Å². The van der Waals surface area contributed by atoms with Gasteiger partial charge in [0.05, 0.1) is 0 Å². The number of rotatable bonds is 4. The van der Waals surface area contributed by atoms with E-state index in [2.05, 4.69) is 14.5 Å². The summed E-state index contributed by atoms with van der Waals surface area (Å²) in [5.74, 6) is -4.32. The van der Waals surface area contributed by atoms with Crippen molar-refractivity contribution in [3.8, 4) is 0 Å². The molecule has 2 aromatic carbocycles. The second-order valence-corrected chi connectivity index (χ2v) is 10.8. The van der Waals surface area contributed by atoms with Gasteiger partial charge in [0.25, 0.3) is 11.9 Å². The highest BCUT2D eigenvalue weighted by Gasteiger charge is 2.54. The Morgan fingerprint density at radius 2 is 1.89 bits per heavy atom. The topological polar surface area (TPSA) is 94.1 Å². The predicted octanol–water partition coefficient (Wildman–Crippen LogP) is 4.44. The molecule has 192 valence electrons. The van der Waals surface area contributed by atoms with Crippen LogP contribution in [0.3, 0.4) is 0 Å². The zero-order chi connectivity index (χ0) is 26.3. The third kappa shape index (κ3) is 4.91. The molecule has 2 aromatic rings. The number of carbonyl (C=O) groups excluding carboxylic acids is 1. The van der Waals surface area contributed by atoms with Crippen molar-refractivity contribution in [2.75, 3.05) is 6.61 Å². The number of ether oxygens (including phenoxy) is 1. The maximum atomic E-state index is 15.0. The van der Waals surface area contributed by atoms with Gasteiger partial charge in [0, 0.05) is 34.4 Å². The van der Waals surface area contributed by atoms with Crippen molar-refractivity contribution in [3.05, 3.63) is 83.3 Å². The average Bonchev–Trinajstić information content (AvgIpc) is 2.79. The van der Waals surface area contributed by atoms with E-state index >= 15 is 0 Å². The van der Waals surface area contributed by atoms with Gasteiger partial charge in [0.15, 0.2) is 5.17 Å². The molecule has 2 unspecified atom stereocenters. The minimum atomic E-state index is -6.02.